The van der Waals surface area contributed by atoms with Gasteiger partial charge in [-0.3, -0.25) is 4.84 Å². The molecule has 126 valence electrons. The van der Waals surface area contributed by atoms with Crippen molar-refractivity contribution in [2.24, 2.45) is 16.9 Å². The molecule has 1 aliphatic heterocycles. The minimum atomic E-state index is -0.0463. The first-order valence-corrected chi connectivity index (χ1v) is 7.86. The van der Waals surface area contributed by atoms with Crippen molar-refractivity contribution in [2.75, 3.05) is 33.0 Å². The predicted octanol–water partition coefficient (Wildman–Crippen LogP) is 0.794. The van der Waals surface area contributed by atoms with Crippen LogP contribution in [0.1, 0.15) is 40.5 Å². The normalized spacial score (nSPS) is 27.7. The molecule has 6 nitrogen and oxygen atoms in total. The molecule has 3 atom stereocenters. The number of rotatable bonds is 11. The van der Waals surface area contributed by atoms with E-state index in [9.17, 15) is 0 Å². The number of hydrogen-bond donors (Lipinski definition) is 3. The molecule has 0 spiro atoms. The van der Waals surface area contributed by atoms with Crippen molar-refractivity contribution in [3.63, 3.8) is 0 Å². The zero-order valence-electron chi connectivity index (χ0n) is 14.0. The van der Waals surface area contributed by atoms with Crippen molar-refractivity contribution in [1.29, 1.82) is 0 Å². The van der Waals surface area contributed by atoms with E-state index >= 15 is 0 Å². The Bertz CT molecular complexity index is 280. The molecule has 21 heavy (non-hydrogen) atoms. The summed E-state index contributed by atoms with van der Waals surface area (Å²) in [4.78, 5) is 5.14. The molecule has 1 aliphatic rings. The van der Waals surface area contributed by atoms with Crippen molar-refractivity contribution in [3.8, 4) is 0 Å². The third-order valence-electron chi connectivity index (χ3n) is 3.80. The highest BCUT2D eigenvalue weighted by Gasteiger charge is 2.42. The summed E-state index contributed by atoms with van der Waals surface area (Å²) >= 11 is 0. The highest BCUT2D eigenvalue weighted by atomic mass is 16.7. The second kappa shape index (κ2) is 8.41. The summed E-state index contributed by atoms with van der Waals surface area (Å²) in [6.45, 7) is 11.4. The lowest BCUT2D eigenvalue weighted by Gasteiger charge is -2.46. The van der Waals surface area contributed by atoms with Crippen LogP contribution in [0.2, 0.25) is 0 Å². The zero-order chi connectivity index (χ0) is 15.9. The van der Waals surface area contributed by atoms with Gasteiger partial charge in [0.1, 0.15) is 0 Å². The monoisotopic (exact) mass is 303 g/mol. The Kier molecular flexibility index (Phi) is 7.53. The van der Waals surface area contributed by atoms with Crippen LogP contribution in [0.3, 0.4) is 0 Å². The maximum Gasteiger partial charge on any atom is 0.0884 e. The van der Waals surface area contributed by atoms with Crippen LogP contribution < -0.4 is 16.9 Å². The van der Waals surface area contributed by atoms with Gasteiger partial charge in [-0.05, 0) is 33.6 Å². The van der Waals surface area contributed by atoms with E-state index in [0.717, 1.165) is 19.4 Å². The first-order chi connectivity index (χ1) is 9.81. The molecule has 3 unspecified atom stereocenters. The Morgan fingerprint density at radius 2 is 1.67 bits per heavy atom. The molecule has 1 heterocycles. The molecule has 0 amide bonds. The van der Waals surface area contributed by atoms with Crippen molar-refractivity contribution in [3.05, 3.63) is 0 Å². The van der Waals surface area contributed by atoms with E-state index in [1.165, 1.54) is 0 Å². The van der Waals surface area contributed by atoms with Gasteiger partial charge in [0.15, 0.2) is 0 Å². The summed E-state index contributed by atoms with van der Waals surface area (Å²) in [5.41, 5.74) is 14.5. The van der Waals surface area contributed by atoms with Crippen LogP contribution in [0.4, 0.5) is 0 Å². The van der Waals surface area contributed by atoms with Gasteiger partial charge >= 0.3 is 0 Å². The van der Waals surface area contributed by atoms with Gasteiger partial charge in [0.05, 0.1) is 38.6 Å². The van der Waals surface area contributed by atoms with Crippen LogP contribution in [-0.4, -0.2) is 50.7 Å². The van der Waals surface area contributed by atoms with Gasteiger partial charge in [0.25, 0.3) is 0 Å². The fraction of sp³-hybridized carbons (Fsp3) is 1.00. The second-order valence-electron chi connectivity index (χ2n) is 6.97. The molecule has 0 aromatic rings. The Hall–Kier alpha value is -0.240. The van der Waals surface area contributed by atoms with Crippen molar-refractivity contribution >= 4 is 0 Å². The molecular formula is C15H33N3O3. The standard InChI is InChI=1S/C15H33N3O3/c1-5-15(10-19-6-12(2)16,11-20-7-13(3)17)8-14(4)9-21-18-14/h12-13,18H,5-11,16-17H2,1-4H3. The lowest BCUT2D eigenvalue weighted by Crippen LogP contribution is -2.60. The van der Waals surface area contributed by atoms with Crippen LogP contribution in [-0.2, 0) is 14.3 Å². The SMILES string of the molecule is CCC(COCC(C)N)(COCC(C)N)CC1(C)CON1. The number of hydrogen-bond acceptors (Lipinski definition) is 6. The number of nitrogens with one attached hydrogen (secondary N) is 1. The van der Waals surface area contributed by atoms with E-state index in [1.807, 2.05) is 13.8 Å². The third kappa shape index (κ3) is 6.59. The van der Waals surface area contributed by atoms with E-state index in [0.29, 0.717) is 26.4 Å². The molecule has 0 aromatic heterocycles. The average molecular weight is 303 g/mol. The molecule has 1 fully saturated rings. The Balaban J connectivity index is 2.59. The van der Waals surface area contributed by atoms with Crippen LogP contribution in [0.5, 0.6) is 0 Å². The first-order valence-electron chi connectivity index (χ1n) is 7.86. The molecule has 1 saturated heterocycles. The molecule has 0 aliphatic carbocycles. The number of ether oxygens (including phenoxy) is 2. The number of hydroxylamine groups is 1. The van der Waals surface area contributed by atoms with Crippen LogP contribution in [0.25, 0.3) is 0 Å². The summed E-state index contributed by atoms with van der Waals surface area (Å²) in [5, 5.41) is 0. The second-order valence-corrected chi connectivity index (χ2v) is 6.97. The van der Waals surface area contributed by atoms with E-state index in [4.69, 9.17) is 25.8 Å². The van der Waals surface area contributed by atoms with E-state index < -0.39 is 0 Å². The van der Waals surface area contributed by atoms with Gasteiger partial charge in [-0.2, -0.15) is 5.48 Å². The average Bonchev–Trinajstić information content (AvgIpc) is 2.35. The summed E-state index contributed by atoms with van der Waals surface area (Å²) < 4.78 is 11.6. The maximum absolute atomic E-state index is 5.82. The topological polar surface area (TPSA) is 91.8 Å². The molecule has 0 saturated carbocycles. The summed E-state index contributed by atoms with van der Waals surface area (Å²) in [7, 11) is 0. The number of nitrogens with two attached hydrogens (primary N) is 2. The fourth-order valence-electron chi connectivity index (χ4n) is 2.63. The van der Waals surface area contributed by atoms with Gasteiger partial charge in [0.2, 0.25) is 0 Å². The lowest BCUT2D eigenvalue weighted by atomic mass is 9.75. The van der Waals surface area contributed by atoms with Crippen molar-refractivity contribution in [1.82, 2.24) is 5.48 Å². The Morgan fingerprint density at radius 1 is 1.19 bits per heavy atom. The van der Waals surface area contributed by atoms with Crippen LogP contribution >= 0.6 is 0 Å². The Labute approximate surface area is 128 Å². The minimum absolute atomic E-state index is 0.00854. The van der Waals surface area contributed by atoms with E-state index in [-0.39, 0.29) is 23.0 Å². The smallest absolute Gasteiger partial charge is 0.0884 e. The fourth-order valence-corrected chi connectivity index (χ4v) is 2.63. The van der Waals surface area contributed by atoms with Crippen LogP contribution in [0.15, 0.2) is 0 Å². The highest BCUT2D eigenvalue weighted by molar-refractivity contribution is 4.94. The molecule has 0 aromatic carbocycles. The molecule has 5 N–H and O–H groups in total. The van der Waals surface area contributed by atoms with Crippen molar-refractivity contribution < 1.29 is 14.3 Å². The largest absolute Gasteiger partial charge is 0.379 e. The highest BCUT2D eigenvalue weighted by Crippen LogP contribution is 2.36. The maximum atomic E-state index is 5.82. The van der Waals surface area contributed by atoms with E-state index in [1.54, 1.807) is 0 Å². The lowest BCUT2D eigenvalue weighted by molar-refractivity contribution is -0.176. The summed E-state index contributed by atoms with van der Waals surface area (Å²) in [6, 6.07) is 0.0931. The molecule has 1 rings (SSSR count). The molecule has 0 radical (unpaired) electrons. The summed E-state index contributed by atoms with van der Waals surface area (Å²) in [5.74, 6) is 0. The van der Waals surface area contributed by atoms with Crippen molar-refractivity contribution in [2.45, 2.75) is 58.2 Å². The third-order valence-corrected chi connectivity index (χ3v) is 3.80. The quantitative estimate of drug-likeness (QED) is 0.523. The molecular weight excluding hydrogens is 270 g/mol. The first kappa shape index (κ1) is 18.8. The summed E-state index contributed by atoms with van der Waals surface area (Å²) in [6.07, 6.45) is 1.91. The molecule has 6 heteroatoms. The van der Waals surface area contributed by atoms with Gasteiger partial charge < -0.3 is 20.9 Å². The van der Waals surface area contributed by atoms with Gasteiger partial charge in [-0.1, -0.05) is 6.92 Å². The predicted molar refractivity (Wildman–Crippen MR) is 83.8 cm³/mol. The van der Waals surface area contributed by atoms with Crippen LogP contribution in [0, 0.1) is 5.41 Å². The van der Waals surface area contributed by atoms with Gasteiger partial charge in [0, 0.05) is 17.5 Å². The minimum Gasteiger partial charge on any atom is -0.379 e. The zero-order valence-corrected chi connectivity index (χ0v) is 14.0. The molecule has 0 bridgehead atoms. The van der Waals surface area contributed by atoms with Gasteiger partial charge in [-0.15, -0.1) is 0 Å². The van der Waals surface area contributed by atoms with E-state index in [2.05, 4.69) is 19.3 Å². The van der Waals surface area contributed by atoms with Gasteiger partial charge in [-0.25, -0.2) is 0 Å². The Morgan fingerprint density at radius 3 is 1.95 bits per heavy atom.